The number of rotatable bonds is 3. The zero-order valence-corrected chi connectivity index (χ0v) is 13.2. The summed E-state index contributed by atoms with van der Waals surface area (Å²) in [6, 6.07) is 14.6. The molecule has 1 aromatic heterocycles. The molecule has 1 atom stereocenters. The quantitative estimate of drug-likeness (QED) is 0.868. The molecular formula is C19H22N2O. The van der Waals surface area contributed by atoms with Crippen LogP contribution in [-0.2, 0) is 16.8 Å². The third-order valence-corrected chi connectivity index (χ3v) is 4.59. The maximum Gasteiger partial charge on any atom is 0.222 e. The van der Waals surface area contributed by atoms with Gasteiger partial charge >= 0.3 is 0 Å². The normalized spacial score (nSPS) is 21.9. The summed E-state index contributed by atoms with van der Waals surface area (Å²) in [4.78, 5) is 18.5. The van der Waals surface area contributed by atoms with Gasteiger partial charge in [0, 0.05) is 36.8 Å². The average molecular weight is 294 g/mol. The minimum atomic E-state index is 0.0389. The largest absolute Gasteiger partial charge is 0.337 e. The Bertz CT molecular complexity index is 668. The fourth-order valence-electron chi connectivity index (χ4n) is 3.27. The molecule has 0 radical (unpaired) electrons. The first-order valence-electron chi connectivity index (χ1n) is 7.82. The number of aromatic nitrogens is 1. The minimum Gasteiger partial charge on any atom is -0.337 e. The van der Waals surface area contributed by atoms with E-state index in [2.05, 4.69) is 42.2 Å². The molecular weight excluding hydrogens is 272 g/mol. The van der Waals surface area contributed by atoms with E-state index in [1.807, 2.05) is 30.2 Å². The van der Waals surface area contributed by atoms with Crippen LogP contribution in [-0.4, -0.2) is 22.3 Å². The lowest BCUT2D eigenvalue weighted by Gasteiger charge is -2.40. The number of aryl methyl sites for hydroxylation is 1. The Morgan fingerprint density at radius 3 is 2.73 bits per heavy atom. The number of carbonyl (C=O) groups is 1. The molecule has 1 amide bonds. The molecule has 0 aliphatic carbocycles. The highest BCUT2D eigenvalue weighted by molar-refractivity contribution is 5.77. The predicted octanol–water partition coefficient (Wildman–Crippen LogP) is 3.47. The van der Waals surface area contributed by atoms with Crippen LogP contribution in [0.15, 0.2) is 48.7 Å². The van der Waals surface area contributed by atoms with Gasteiger partial charge in [-0.3, -0.25) is 9.78 Å². The van der Waals surface area contributed by atoms with Gasteiger partial charge in [0.2, 0.25) is 5.91 Å². The first-order chi connectivity index (χ1) is 10.6. The zero-order valence-electron chi connectivity index (χ0n) is 13.2. The Balaban J connectivity index is 1.81. The summed E-state index contributed by atoms with van der Waals surface area (Å²) in [6.07, 6.45) is 3.35. The van der Waals surface area contributed by atoms with Crippen molar-refractivity contribution in [1.29, 1.82) is 0 Å². The number of hydrogen-bond donors (Lipinski definition) is 0. The summed E-state index contributed by atoms with van der Waals surface area (Å²) in [5.74, 6) is 0.253. The Hall–Kier alpha value is -2.16. The molecule has 1 aliphatic rings. The second kappa shape index (κ2) is 5.91. The van der Waals surface area contributed by atoms with E-state index in [1.165, 1.54) is 5.56 Å². The lowest BCUT2D eigenvalue weighted by Crippen LogP contribution is -2.47. The average Bonchev–Trinajstić information content (AvgIpc) is 2.52. The molecule has 3 rings (SSSR count). The number of likely N-dealkylation sites (tertiary alicyclic amines) is 1. The number of carbonyl (C=O) groups excluding carboxylic acids is 1. The molecule has 0 spiro atoms. The summed E-state index contributed by atoms with van der Waals surface area (Å²) in [6.45, 7) is 5.69. The molecule has 0 N–H and O–H groups in total. The van der Waals surface area contributed by atoms with Gasteiger partial charge in [0.25, 0.3) is 0 Å². The van der Waals surface area contributed by atoms with Crippen LogP contribution in [0.3, 0.4) is 0 Å². The summed E-state index contributed by atoms with van der Waals surface area (Å²) < 4.78 is 0. The summed E-state index contributed by atoms with van der Waals surface area (Å²) in [5, 5.41) is 0. The second-order valence-corrected chi connectivity index (χ2v) is 6.48. The Labute approximate surface area is 132 Å². The molecule has 2 aromatic rings. The third-order valence-electron chi connectivity index (χ3n) is 4.59. The van der Waals surface area contributed by atoms with Gasteiger partial charge in [0.1, 0.15) is 0 Å². The molecule has 3 nitrogen and oxygen atoms in total. The van der Waals surface area contributed by atoms with Gasteiger partial charge in [-0.15, -0.1) is 0 Å². The molecule has 1 aliphatic heterocycles. The van der Waals surface area contributed by atoms with Crippen molar-refractivity contribution in [1.82, 2.24) is 9.88 Å². The molecule has 0 bridgehead atoms. The summed E-state index contributed by atoms with van der Waals surface area (Å²) >= 11 is 0. The molecule has 3 heteroatoms. The van der Waals surface area contributed by atoms with Crippen molar-refractivity contribution in [3.05, 3.63) is 65.5 Å². The number of pyridine rings is 1. The van der Waals surface area contributed by atoms with Gasteiger partial charge in [0.05, 0.1) is 0 Å². The molecule has 1 aromatic carbocycles. The van der Waals surface area contributed by atoms with E-state index >= 15 is 0 Å². The van der Waals surface area contributed by atoms with Gasteiger partial charge in [-0.05, 0) is 36.6 Å². The second-order valence-electron chi connectivity index (χ2n) is 6.48. The molecule has 0 saturated carbocycles. The SMILES string of the molecule is Cc1cc(CN2C[C@](C)(c3ccccc3)CCC2=O)ccn1. The standard InChI is InChI=1S/C19H22N2O/c1-15-12-16(9-11-20-15)13-21-14-19(2,10-8-18(21)22)17-6-4-3-5-7-17/h3-7,9,11-12H,8,10,13-14H2,1-2H3/t19-/m1/s1. The highest BCUT2D eigenvalue weighted by atomic mass is 16.2. The van der Waals surface area contributed by atoms with Crippen molar-refractivity contribution in [2.24, 2.45) is 0 Å². The van der Waals surface area contributed by atoms with Crippen molar-refractivity contribution >= 4 is 5.91 Å². The van der Waals surface area contributed by atoms with Crippen LogP contribution in [0.2, 0.25) is 0 Å². The smallest absolute Gasteiger partial charge is 0.222 e. The van der Waals surface area contributed by atoms with Gasteiger partial charge in [-0.25, -0.2) is 0 Å². The van der Waals surface area contributed by atoms with Crippen LogP contribution in [0.1, 0.15) is 36.6 Å². The van der Waals surface area contributed by atoms with E-state index < -0.39 is 0 Å². The highest BCUT2D eigenvalue weighted by Gasteiger charge is 2.36. The Morgan fingerprint density at radius 1 is 1.23 bits per heavy atom. The molecule has 1 fully saturated rings. The van der Waals surface area contributed by atoms with E-state index in [1.54, 1.807) is 0 Å². The van der Waals surface area contributed by atoms with Crippen LogP contribution in [0.25, 0.3) is 0 Å². The first kappa shape index (κ1) is 14.8. The maximum atomic E-state index is 12.3. The zero-order chi connectivity index (χ0) is 15.6. The highest BCUT2D eigenvalue weighted by Crippen LogP contribution is 2.34. The van der Waals surface area contributed by atoms with E-state index in [0.29, 0.717) is 13.0 Å². The lowest BCUT2D eigenvalue weighted by atomic mass is 9.75. The molecule has 22 heavy (non-hydrogen) atoms. The number of hydrogen-bond acceptors (Lipinski definition) is 2. The van der Waals surface area contributed by atoms with Gasteiger partial charge in [-0.1, -0.05) is 37.3 Å². The van der Waals surface area contributed by atoms with Crippen molar-refractivity contribution in [3.63, 3.8) is 0 Å². The van der Waals surface area contributed by atoms with Crippen molar-refractivity contribution < 1.29 is 4.79 Å². The van der Waals surface area contributed by atoms with Crippen LogP contribution in [0, 0.1) is 6.92 Å². The van der Waals surface area contributed by atoms with Crippen LogP contribution < -0.4 is 0 Å². The Kier molecular flexibility index (Phi) is 3.97. The van der Waals surface area contributed by atoms with Crippen LogP contribution >= 0.6 is 0 Å². The van der Waals surface area contributed by atoms with Gasteiger partial charge in [0.15, 0.2) is 0 Å². The Morgan fingerprint density at radius 2 is 2.00 bits per heavy atom. The van der Waals surface area contributed by atoms with E-state index in [9.17, 15) is 4.79 Å². The number of benzene rings is 1. The summed E-state index contributed by atoms with van der Waals surface area (Å²) in [5.41, 5.74) is 3.50. The first-order valence-corrected chi connectivity index (χ1v) is 7.82. The van der Waals surface area contributed by atoms with E-state index in [4.69, 9.17) is 0 Å². The molecule has 2 heterocycles. The topological polar surface area (TPSA) is 33.2 Å². The van der Waals surface area contributed by atoms with Crippen LogP contribution in [0.4, 0.5) is 0 Å². The van der Waals surface area contributed by atoms with Gasteiger partial charge < -0.3 is 4.90 Å². The lowest BCUT2D eigenvalue weighted by molar-refractivity contribution is -0.136. The fraction of sp³-hybridized carbons (Fsp3) is 0.368. The number of nitrogens with zero attached hydrogens (tertiary/aromatic N) is 2. The molecule has 114 valence electrons. The minimum absolute atomic E-state index is 0.0389. The van der Waals surface area contributed by atoms with Gasteiger partial charge in [-0.2, -0.15) is 0 Å². The molecule has 0 unspecified atom stereocenters. The molecule has 1 saturated heterocycles. The number of piperidine rings is 1. The third kappa shape index (κ3) is 3.03. The fourth-order valence-corrected chi connectivity index (χ4v) is 3.27. The van der Waals surface area contributed by atoms with Crippen molar-refractivity contribution in [2.75, 3.05) is 6.54 Å². The summed E-state index contributed by atoms with van der Waals surface area (Å²) in [7, 11) is 0. The van der Waals surface area contributed by atoms with Crippen LogP contribution in [0.5, 0.6) is 0 Å². The van der Waals surface area contributed by atoms with Crippen molar-refractivity contribution in [3.8, 4) is 0 Å². The number of amides is 1. The maximum absolute atomic E-state index is 12.3. The van der Waals surface area contributed by atoms with Crippen molar-refractivity contribution in [2.45, 2.75) is 38.6 Å². The monoisotopic (exact) mass is 294 g/mol. The van der Waals surface area contributed by atoms with E-state index in [0.717, 1.165) is 24.2 Å². The van der Waals surface area contributed by atoms with E-state index in [-0.39, 0.29) is 11.3 Å². The predicted molar refractivity (Wildman–Crippen MR) is 87.4 cm³/mol.